The normalized spacial score (nSPS) is 28.7. The number of carbonyl (C=O) groups is 1. The van der Waals surface area contributed by atoms with E-state index in [1.165, 1.54) is 16.7 Å². The molecule has 1 nitrogen and oxygen atoms in total. The van der Waals surface area contributed by atoms with Gasteiger partial charge in [0, 0.05) is 21.0 Å². The first-order valence-corrected chi connectivity index (χ1v) is 12.0. The van der Waals surface area contributed by atoms with Gasteiger partial charge in [0.25, 0.3) is 0 Å². The summed E-state index contributed by atoms with van der Waals surface area (Å²) in [6, 6.07) is 6.32. The first-order valence-electron chi connectivity index (χ1n) is 7.68. The topological polar surface area (TPSA) is 17.1 Å². The fraction of sp³-hybridized carbons (Fsp3) is 0.500. The lowest BCUT2D eigenvalue weighted by atomic mass is 9.75. The predicted octanol–water partition coefficient (Wildman–Crippen LogP) is 5.51. The molecule has 2 aliphatic rings. The molecule has 0 aromatic heterocycles. The summed E-state index contributed by atoms with van der Waals surface area (Å²) in [6.45, 7) is 11.7. The Balaban J connectivity index is 2.34. The Labute approximate surface area is 137 Å². The second-order valence-corrected chi connectivity index (χ2v) is 14.0. The zero-order valence-electron chi connectivity index (χ0n) is 13.5. The molecule has 2 aliphatic carbocycles. The molecule has 0 bridgehead atoms. The number of ketones is 1. The molecular weight excluding hydrogens is 340 g/mol. The van der Waals surface area contributed by atoms with Crippen LogP contribution in [0.4, 0.5) is 0 Å². The van der Waals surface area contributed by atoms with Gasteiger partial charge in [-0.25, -0.2) is 0 Å². The summed E-state index contributed by atoms with van der Waals surface area (Å²) >= 11 is 3.62. The van der Waals surface area contributed by atoms with E-state index < -0.39 is 8.07 Å². The van der Waals surface area contributed by atoms with Crippen molar-refractivity contribution in [3.63, 3.8) is 0 Å². The van der Waals surface area contributed by atoms with E-state index in [9.17, 15) is 4.79 Å². The molecular formula is C18H23BrOSi. The van der Waals surface area contributed by atoms with E-state index in [2.05, 4.69) is 61.6 Å². The highest BCUT2D eigenvalue weighted by Gasteiger charge is 2.59. The highest BCUT2D eigenvalue weighted by atomic mass is 79.9. The van der Waals surface area contributed by atoms with Crippen LogP contribution in [0.1, 0.15) is 42.6 Å². The quantitative estimate of drug-likeness (QED) is 0.475. The molecule has 21 heavy (non-hydrogen) atoms. The van der Waals surface area contributed by atoms with Crippen LogP contribution in [0.3, 0.4) is 0 Å². The minimum absolute atomic E-state index is 0.0762. The molecule has 0 unspecified atom stereocenters. The first kappa shape index (κ1) is 15.2. The van der Waals surface area contributed by atoms with Crippen LogP contribution in [-0.2, 0) is 5.04 Å². The summed E-state index contributed by atoms with van der Waals surface area (Å²) in [5, 5.41) is 0.0762. The van der Waals surface area contributed by atoms with Gasteiger partial charge in [-0.1, -0.05) is 58.8 Å². The van der Waals surface area contributed by atoms with Gasteiger partial charge >= 0.3 is 0 Å². The Kier molecular flexibility index (Phi) is 3.38. The number of allylic oxidation sites excluding steroid dienone is 2. The van der Waals surface area contributed by atoms with Gasteiger partial charge in [0.1, 0.15) is 0 Å². The molecule has 2 atom stereocenters. The maximum absolute atomic E-state index is 13.1. The maximum atomic E-state index is 13.1. The Bertz CT molecular complexity index is 668. The molecule has 0 radical (unpaired) electrons. The molecule has 112 valence electrons. The van der Waals surface area contributed by atoms with Crippen LogP contribution >= 0.6 is 15.9 Å². The van der Waals surface area contributed by atoms with E-state index in [1.807, 2.05) is 6.07 Å². The smallest absolute Gasteiger partial charge is 0.168 e. The Morgan fingerprint density at radius 1 is 1.19 bits per heavy atom. The van der Waals surface area contributed by atoms with Crippen molar-refractivity contribution in [2.24, 2.45) is 5.92 Å². The third-order valence-corrected chi connectivity index (χ3v) is 9.91. The number of fused-ring (bicyclic) bond motifs is 3. The molecule has 1 aromatic rings. The predicted molar refractivity (Wildman–Crippen MR) is 94.6 cm³/mol. The van der Waals surface area contributed by atoms with Crippen LogP contribution in [0, 0.1) is 5.92 Å². The van der Waals surface area contributed by atoms with E-state index >= 15 is 0 Å². The van der Waals surface area contributed by atoms with Gasteiger partial charge in [-0.2, -0.15) is 0 Å². The average Bonchev–Trinajstić information content (AvgIpc) is 2.62. The summed E-state index contributed by atoms with van der Waals surface area (Å²) in [6.07, 6.45) is 2.00. The molecule has 0 saturated heterocycles. The van der Waals surface area contributed by atoms with Crippen LogP contribution < -0.4 is 0 Å². The Morgan fingerprint density at radius 2 is 1.86 bits per heavy atom. The molecule has 0 spiro atoms. The van der Waals surface area contributed by atoms with E-state index in [4.69, 9.17) is 0 Å². The molecule has 0 N–H and O–H groups in total. The summed E-state index contributed by atoms with van der Waals surface area (Å²) in [5.41, 5.74) is 5.20. The minimum Gasteiger partial charge on any atom is -0.294 e. The Morgan fingerprint density at radius 3 is 2.48 bits per heavy atom. The van der Waals surface area contributed by atoms with Gasteiger partial charge in [-0.3, -0.25) is 4.79 Å². The van der Waals surface area contributed by atoms with E-state index in [0.717, 1.165) is 22.9 Å². The van der Waals surface area contributed by atoms with Crippen molar-refractivity contribution >= 4 is 29.8 Å². The van der Waals surface area contributed by atoms with Crippen molar-refractivity contribution in [1.29, 1.82) is 0 Å². The second-order valence-electron chi connectivity index (χ2n) is 7.74. The summed E-state index contributed by atoms with van der Waals surface area (Å²) in [5.74, 6) is 0.522. The molecule has 3 rings (SSSR count). The monoisotopic (exact) mass is 362 g/mol. The number of hydrogen-bond donors (Lipinski definition) is 0. The van der Waals surface area contributed by atoms with Gasteiger partial charge in [-0.15, -0.1) is 0 Å². The number of halogens is 1. The van der Waals surface area contributed by atoms with Crippen molar-refractivity contribution in [2.75, 3.05) is 0 Å². The second kappa shape index (κ2) is 4.66. The molecule has 0 fully saturated rings. The van der Waals surface area contributed by atoms with Crippen molar-refractivity contribution in [3.05, 3.63) is 44.9 Å². The van der Waals surface area contributed by atoms with E-state index in [-0.39, 0.29) is 11.0 Å². The summed E-state index contributed by atoms with van der Waals surface area (Å²) in [4.78, 5) is 13.1. The average molecular weight is 363 g/mol. The molecule has 3 heteroatoms. The molecule has 0 saturated carbocycles. The fourth-order valence-corrected chi connectivity index (χ4v) is 8.11. The third kappa shape index (κ3) is 1.90. The number of Topliss-reactive ketones (excluding diaryl/α,β-unsaturated/α-hetero) is 1. The lowest BCUT2D eigenvalue weighted by Crippen LogP contribution is -2.55. The number of carbonyl (C=O) groups excluding carboxylic acids is 1. The minimum atomic E-state index is -1.57. The lowest BCUT2D eigenvalue weighted by Gasteiger charge is -2.48. The third-order valence-electron chi connectivity index (χ3n) is 5.77. The van der Waals surface area contributed by atoms with Crippen LogP contribution in [-0.4, -0.2) is 13.9 Å². The Hall–Kier alpha value is -0.673. The van der Waals surface area contributed by atoms with Gasteiger partial charge < -0.3 is 0 Å². The maximum Gasteiger partial charge on any atom is 0.168 e. The van der Waals surface area contributed by atoms with Gasteiger partial charge in [0.15, 0.2) is 5.78 Å². The van der Waals surface area contributed by atoms with Crippen LogP contribution in [0.15, 0.2) is 33.8 Å². The van der Waals surface area contributed by atoms with Crippen LogP contribution in [0.2, 0.25) is 19.6 Å². The summed E-state index contributed by atoms with van der Waals surface area (Å²) < 4.78 is 0.979. The van der Waals surface area contributed by atoms with Crippen LogP contribution in [0.25, 0.3) is 0 Å². The van der Waals surface area contributed by atoms with Gasteiger partial charge in [0.05, 0.1) is 8.07 Å². The highest BCUT2D eigenvalue weighted by Crippen LogP contribution is 2.58. The summed E-state index contributed by atoms with van der Waals surface area (Å²) in [7, 11) is -1.57. The standard InChI is InChI=1S/C18H23BrOSi/c1-11-9-14-17(20)16-13(7-6-8-15(16)19)18(14,10-12(11)2)21(3,4)5/h6-8,14H,9-10H2,1-5H3/t14-,18-/m0/s1. The zero-order chi connectivity index (χ0) is 15.6. The molecule has 0 heterocycles. The van der Waals surface area contributed by atoms with Crippen molar-refractivity contribution in [2.45, 2.75) is 51.4 Å². The van der Waals surface area contributed by atoms with E-state index in [0.29, 0.717) is 5.78 Å². The zero-order valence-corrected chi connectivity index (χ0v) is 16.1. The van der Waals surface area contributed by atoms with Crippen molar-refractivity contribution in [3.8, 4) is 0 Å². The van der Waals surface area contributed by atoms with Gasteiger partial charge in [-0.05, 0) is 38.3 Å². The van der Waals surface area contributed by atoms with Crippen molar-refractivity contribution < 1.29 is 4.79 Å². The molecule has 1 aromatic carbocycles. The number of benzene rings is 1. The largest absolute Gasteiger partial charge is 0.294 e. The molecule has 0 amide bonds. The van der Waals surface area contributed by atoms with Gasteiger partial charge in [0.2, 0.25) is 0 Å². The first-order chi connectivity index (χ1) is 9.70. The molecule has 0 aliphatic heterocycles. The van der Waals surface area contributed by atoms with Crippen LogP contribution in [0.5, 0.6) is 0 Å². The van der Waals surface area contributed by atoms with Crippen molar-refractivity contribution in [1.82, 2.24) is 0 Å². The lowest BCUT2D eigenvalue weighted by molar-refractivity contribution is 0.0901. The number of rotatable bonds is 1. The number of hydrogen-bond acceptors (Lipinski definition) is 1. The highest BCUT2D eigenvalue weighted by molar-refractivity contribution is 9.10. The van der Waals surface area contributed by atoms with E-state index in [1.54, 1.807) is 0 Å². The fourth-order valence-electron chi connectivity index (χ4n) is 4.46. The SMILES string of the molecule is CC1=C(C)C[C@]2([Si](C)(C)C)c3cccc(Br)c3C(=O)[C@@H]2C1.